The molecule has 0 spiro atoms. The molecular formula is C19H27ClN6. The number of rotatable bonds is 5. The second kappa shape index (κ2) is 7.86. The van der Waals surface area contributed by atoms with Crippen LogP contribution in [0.5, 0.6) is 0 Å². The summed E-state index contributed by atoms with van der Waals surface area (Å²) in [6.07, 6.45) is 1.96. The van der Waals surface area contributed by atoms with E-state index in [0.29, 0.717) is 0 Å². The molecule has 1 fully saturated rings. The normalized spacial score (nSPS) is 18.0. The van der Waals surface area contributed by atoms with E-state index in [1.807, 2.05) is 29.0 Å². The molecule has 2 heterocycles. The average Bonchev–Trinajstić information content (AvgIpc) is 3.08. The van der Waals surface area contributed by atoms with Crippen LogP contribution < -0.4 is 0 Å². The second-order valence-electron chi connectivity index (χ2n) is 7.67. The number of piperazine rings is 1. The molecule has 1 aliphatic heterocycles. The van der Waals surface area contributed by atoms with Crippen LogP contribution in [0, 0.1) is 0 Å². The van der Waals surface area contributed by atoms with Crippen molar-refractivity contribution < 1.29 is 0 Å². The zero-order valence-electron chi connectivity index (χ0n) is 15.8. The molecule has 140 valence electrons. The lowest BCUT2D eigenvalue weighted by Crippen LogP contribution is -2.48. The Labute approximate surface area is 160 Å². The van der Waals surface area contributed by atoms with E-state index in [-0.39, 0.29) is 11.6 Å². The van der Waals surface area contributed by atoms with E-state index < -0.39 is 0 Å². The fourth-order valence-electron chi connectivity index (χ4n) is 3.42. The van der Waals surface area contributed by atoms with E-state index in [4.69, 9.17) is 11.6 Å². The molecule has 1 aromatic carbocycles. The van der Waals surface area contributed by atoms with Gasteiger partial charge < -0.3 is 0 Å². The Bertz CT molecular complexity index is 742. The molecule has 1 unspecified atom stereocenters. The van der Waals surface area contributed by atoms with E-state index in [1.54, 1.807) is 0 Å². The van der Waals surface area contributed by atoms with Crippen molar-refractivity contribution in [1.29, 1.82) is 0 Å². The smallest absolute Gasteiger partial charge is 0.173 e. The minimum absolute atomic E-state index is 0.0659. The van der Waals surface area contributed by atoms with Gasteiger partial charge in [-0.2, -0.15) is 0 Å². The van der Waals surface area contributed by atoms with Gasteiger partial charge in [-0.1, -0.05) is 35.9 Å². The fourth-order valence-corrected chi connectivity index (χ4v) is 3.66. The van der Waals surface area contributed by atoms with Gasteiger partial charge in [0.15, 0.2) is 5.82 Å². The standard InChI is InChI=1S/C19H27ClN6/c1-5-10-24-11-13-25(14-12-24)17(15-8-6-7-9-16(15)20)18-21-22-23-26(18)19(2,3)4/h5-9,17H,1,10-14H2,2-4H3. The monoisotopic (exact) mass is 374 g/mol. The Morgan fingerprint density at radius 2 is 1.88 bits per heavy atom. The molecule has 1 saturated heterocycles. The summed E-state index contributed by atoms with van der Waals surface area (Å²) in [7, 11) is 0. The lowest BCUT2D eigenvalue weighted by atomic mass is 10.0. The van der Waals surface area contributed by atoms with Gasteiger partial charge in [-0.25, -0.2) is 4.68 Å². The summed E-state index contributed by atoms with van der Waals surface area (Å²) in [6, 6.07) is 7.92. The van der Waals surface area contributed by atoms with Crippen molar-refractivity contribution >= 4 is 11.6 Å². The van der Waals surface area contributed by atoms with Crippen molar-refractivity contribution in [3.05, 3.63) is 53.3 Å². The maximum Gasteiger partial charge on any atom is 0.173 e. The van der Waals surface area contributed by atoms with Crippen LogP contribution in [-0.4, -0.2) is 62.7 Å². The van der Waals surface area contributed by atoms with Crippen LogP contribution in [0.2, 0.25) is 5.02 Å². The molecule has 0 aliphatic carbocycles. The van der Waals surface area contributed by atoms with Crippen LogP contribution >= 0.6 is 11.6 Å². The number of halogens is 1. The molecule has 6 nitrogen and oxygen atoms in total. The van der Waals surface area contributed by atoms with E-state index in [9.17, 15) is 0 Å². The molecule has 26 heavy (non-hydrogen) atoms. The minimum atomic E-state index is -0.205. The lowest BCUT2D eigenvalue weighted by Gasteiger charge is -2.39. The zero-order chi connectivity index (χ0) is 18.7. The SMILES string of the molecule is C=CCN1CCN(C(c2ccccc2Cl)c2nnnn2C(C)(C)C)CC1. The Morgan fingerprint density at radius 3 is 2.50 bits per heavy atom. The molecule has 0 bridgehead atoms. The van der Waals surface area contributed by atoms with Gasteiger partial charge >= 0.3 is 0 Å². The van der Waals surface area contributed by atoms with Crippen LogP contribution in [0.1, 0.15) is 38.2 Å². The van der Waals surface area contributed by atoms with Crippen LogP contribution in [-0.2, 0) is 5.54 Å². The van der Waals surface area contributed by atoms with Crippen molar-refractivity contribution in [2.45, 2.75) is 32.4 Å². The van der Waals surface area contributed by atoms with Gasteiger partial charge in [0.1, 0.15) is 0 Å². The summed E-state index contributed by atoms with van der Waals surface area (Å²) in [6.45, 7) is 14.9. The molecular weight excluding hydrogens is 348 g/mol. The summed E-state index contributed by atoms with van der Waals surface area (Å²) in [5.74, 6) is 0.836. The molecule has 0 N–H and O–H groups in total. The average molecular weight is 375 g/mol. The van der Waals surface area contributed by atoms with Crippen molar-refractivity contribution in [3.63, 3.8) is 0 Å². The molecule has 7 heteroatoms. The Balaban J connectivity index is 1.98. The first kappa shape index (κ1) is 19.0. The summed E-state index contributed by atoms with van der Waals surface area (Å²) < 4.78 is 1.91. The van der Waals surface area contributed by atoms with Crippen LogP contribution in [0.4, 0.5) is 0 Å². The van der Waals surface area contributed by atoms with Gasteiger partial charge in [0.25, 0.3) is 0 Å². The van der Waals surface area contributed by atoms with E-state index in [1.165, 1.54) is 0 Å². The Kier molecular flexibility index (Phi) is 5.75. The summed E-state index contributed by atoms with van der Waals surface area (Å²) in [5.41, 5.74) is 0.842. The van der Waals surface area contributed by atoms with Gasteiger partial charge in [0.05, 0.1) is 11.6 Å². The Morgan fingerprint density at radius 1 is 1.19 bits per heavy atom. The predicted molar refractivity (Wildman–Crippen MR) is 104 cm³/mol. The highest BCUT2D eigenvalue weighted by Crippen LogP contribution is 2.34. The molecule has 1 atom stereocenters. The lowest BCUT2D eigenvalue weighted by molar-refractivity contribution is 0.110. The summed E-state index contributed by atoms with van der Waals surface area (Å²) in [4.78, 5) is 4.83. The predicted octanol–water partition coefficient (Wildman–Crippen LogP) is 2.97. The Hall–Kier alpha value is -1.76. The number of tetrazole rings is 1. The third kappa shape index (κ3) is 3.98. The van der Waals surface area contributed by atoms with Crippen LogP contribution in [0.25, 0.3) is 0 Å². The van der Waals surface area contributed by atoms with E-state index >= 15 is 0 Å². The highest BCUT2D eigenvalue weighted by Gasteiger charge is 2.33. The van der Waals surface area contributed by atoms with Gasteiger partial charge in [0.2, 0.25) is 0 Å². The van der Waals surface area contributed by atoms with Crippen molar-refractivity contribution in [3.8, 4) is 0 Å². The molecule has 1 aliphatic rings. The quantitative estimate of drug-likeness (QED) is 0.753. The van der Waals surface area contributed by atoms with Gasteiger partial charge in [0, 0.05) is 37.7 Å². The summed E-state index contributed by atoms with van der Waals surface area (Å²) >= 11 is 6.57. The first-order valence-electron chi connectivity index (χ1n) is 9.02. The van der Waals surface area contributed by atoms with Crippen molar-refractivity contribution in [2.24, 2.45) is 0 Å². The first-order valence-corrected chi connectivity index (χ1v) is 9.40. The van der Waals surface area contributed by atoms with Gasteiger partial charge in [-0.3, -0.25) is 9.80 Å². The highest BCUT2D eigenvalue weighted by atomic mass is 35.5. The molecule has 0 amide bonds. The third-order valence-corrected chi connectivity index (χ3v) is 5.08. The maximum atomic E-state index is 6.57. The molecule has 2 aromatic rings. The van der Waals surface area contributed by atoms with Crippen LogP contribution in [0.3, 0.4) is 0 Å². The van der Waals surface area contributed by atoms with Crippen molar-refractivity contribution in [2.75, 3.05) is 32.7 Å². The number of nitrogens with zero attached hydrogens (tertiary/aromatic N) is 6. The van der Waals surface area contributed by atoms with E-state index in [2.05, 4.69) is 58.7 Å². The number of hydrogen-bond donors (Lipinski definition) is 0. The summed E-state index contributed by atoms with van der Waals surface area (Å²) in [5, 5.41) is 13.4. The van der Waals surface area contributed by atoms with Crippen molar-refractivity contribution in [1.82, 2.24) is 30.0 Å². The second-order valence-corrected chi connectivity index (χ2v) is 8.08. The zero-order valence-corrected chi connectivity index (χ0v) is 16.5. The number of benzene rings is 1. The van der Waals surface area contributed by atoms with Crippen LogP contribution in [0.15, 0.2) is 36.9 Å². The molecule has 0 radical (unpaired) electrons. The topological polar surface area (TPSA) is 50.1 Å². The van der Waals surface area contributed by atoms with Gasteiger partial charge in [-0.05, 0) is 42.8 Å². The van der Waals surface area contributed by atoms with Gasteiger partial charge in [-0.15, -0.1) is 11.7 Å². The maximum absolute atomic E-state index is 6.57. The number of aromatic nitrogens is 4. The molecule has 3 rings (SSSR count). The van der Waals surface area contributed by atoms with E-state index in [0.717, 1.165) is 49.1 Å². The molecule has 0 saturated carbocycles. The first-order chi connectivity index (χ1) is 12.4. The largest absolute Gasteiger partial charge is 0.297 e. The highest BCUT2D eigenvalue weighted by molar-refractivity contribution is 6.31. The molecule has 1 aromatic heterocycles. The minimum Gasteiger partial charge on any atom is -0.297 e. The third-order valence-electron chi connectivity index (χ3n) is 4.73. The fraction of sp³-hybridized carbons (Fsp3) is 0.526. The number of hydrogen-bond acceptors (Lipinski definition) is 5.